The molecule has 0 saturated carbocycles. The van der Waals surface area contributed by atoms with E-state index in [1.54, 1.807) is 47.6 Å². The number of amides is 1. The molecule has 1 aliphatic rings. The van der Waals surface area contributed by atoms with Crippen molar-refractivity contribution >= 4 is 29.5 Å². The van der Waals surface area contributed by atoms with Crippen LogP contribution in [0, 0.1) is 0 Å². The first-order valence-corrected chi connectivity index (χ1v) is 10.8. The first kappa shape index (κ1) is 23.7. The summed E-state index contributed by atoms with van der Waals surface area (Å²) in [5.74, 6) is 0.274. The fourth-order valence-electron chi connectivity index (χ4n) is 3.21. The predicted molar refractivity (Wildman–Crippen MR) is 124 cm³/mol. The van der Waals surface area contributed by atoms with E-state index in [4.69, 9.17) is 21.1 Å². The molecule has 0 spiro atoms. The number of carbonyl (C=O) groups is 2. The van der Waals surface area contributed by atoms with E-state index in [-0.39, 0.29) is 5.15 Å². The summed E-state index contributed by atoms with van der Waals surface area (Å²) in [5, 5.41) is 0.260. The van der Waals surface area contributed by atoms with E-state index in [1.807, 2.05) is 30.3 Å². The summed E-state index contributed by atoms with van der Waals surface area (Å²) in [7, 11) is 0. The topological polar surface area (TPSA) is 81.6 Å². The maximum absolute atomic E-state index is 13.1. The lowest BCUT2D eigenvalue weighted by atomic mass is 10.1. The Morgan fingerprint density at radius 2 is 1.66 bits per heavy atom. The molecule has 32 heavy (non-hydrogen) atoms. The maximum atomic E-state index is 13.1. The van der Waals surface area contributed by atoms with Gasteiger partial charge in [0, 0.05) is 23.6 Å². The molecule has 8 heteroatoms. The SMILES string of the molecule is CC(C)(C)OC(=O)/C=C/C1Cc2c(Cl)nc(-c3ccccc3)nc2N1C(=O)OC(C)(C)C. The van der Waals surface area contributed by atoms with Crippen molar-refractivity contribution in [2.24, 2.45) is 0 Å². The van der Waals surface area contributed by atoms with Gasteiger partial charge in [-0.2, -0.15) is 0 Å². The average Bonchev–Trinajstić information content (AvgIpc) is 3.03. The summed E-state index contributed by atoms with van der Waals surface area (Å²) >= 11 is 6.50. The standard InChI is InChI=1S/C24H28ClN3O4/c1-23(2,3)31-18(29)13-12-16-14-17-19(25)26-20(15-10-8-7-9-11-15)27-21(17)28(16)22(30)32-24(4,5)6/h7-13,16H,14H2,1-6H3/b13-12+. The Labute approximate surface area is 193 Å². The number of fused-ring (bicyclic) bond motifs is 1. The molecule has 170 valence electrons. The van der Waals surface area contributed by atoms with E-state index in [0.717, 1.165) is 5.56 Å². The molecule has 1 unspecified atom stereocenters. The van der Waals surface area contributed by atoms with Crippen LogP contribution < -0.4 is 4.90 Å². The molecule has 2 aromatic rings. The van der Waals surface area contributed by atoms with Crippen molar-refractivity contribution in [1.29, 1.82) is 0 Å². The highest BCUT2D eigenvalue weighted by atomic mass is 35.5. The maximum Gasteiger partial charge on any atom is 0.416 e. The van der Waals surface area contributed by atoms with Crippen molar-refractivity contribution in [2.45, 2.75) is 65.2 Å². The molecule has 2 heterocycles. The lowest BCUT2D eigenvalue weighted by Crippen LogP contribution is -2.41. The monoisotopic (exact) mass is 457 g/mol. The van der Waals surface area contributed by atoms with Crippen LogP contribution in [0.3, 0.4) is 0 Å². The number of halogens is 1. The van der Waals surface area contributed by atoms with E-state index in [9.17, 15) is 9.59 Å². The van der Waals surface area contributed by atoms with E-state index < -0.39 is 29.3 Å². The Kier molecular flexibility index (Phi) is 6.60. The minimum Gasteiger partial charge on any atom is -0.457 e. The molecule has 1 atom stereocenters. The zero-order chi connectivity index (χ0) is 23.7. The Bertz CT molecular complexity index is 1040. The molecule has 0 radical (unpaired) electrons. The Morgan fingerprint density at radius 1 is 1.03 bits per heavy atom. The molecular weight excluding hydrogens is 430 g/mol. The number of hydrogen-bond donors (Lipinski definition) is 0. The molecule has 0 saturated heterocycles. The number of aromatic nitrogens is 2. The van der Waals surface area contributed by atoms with Gasteiger partial charge < -0.3 is 9.47 Å². The summed E-state index contributed by atoms with van der Waals surface area (Å²) in [6, 6.07) is 8.85. The molecular formula is C24H28ClN3O4. The van der Waals surface area contributed by atoms with Crippen LogP contribution in [-0.2, 0) is 20.7 Å². The van der Waals surface area contributed by atoms with Crippen LogP contribution in [0.5, 0.6) is 0 Å². The van der Waals surface area contributed by atoms with E-state index in [0.29, 0.717) is 23.6 Å². The first-order valence-electron chi connectivity index (χ1n) is 10.4. The second-order valence-electron chi connectivity index (χ2n) is 9.52. The average molecular weight is 458 g/mol. The van der Waals surface area contributed by atoms with Crippen molar-refractivity contribution in [3.8, 4) is 11.4 Å². The fraction of sp³-hybridized carbons (Fsp3) is 0.417. The van der Waals surface area contributed by atoms with Crippen molar-refractivity contribution < 1.29 is 19.1 Å². The first-order chi connectivity index (χ1) is 14.8. The predicted octanol–water partition coefficient (Wildman–Crippen LogP) is 5.36. The minimum absolute atomic E-state index is 0.260. The quantitative estimate of drug-likeness (QED) is 0.350. The minimum atomic E-state index is -0.710. The molecule has 3 rings (SSSR count). The lowest BCUT2D eigenvalue weighted by molar-refractivity contribution is -0.148. The third-order valence-corrected chi connectivity index (χ3v) is 4.70. The molecule has 1 amide bonds. The number of benzene rings is 1. The van der Waals surface area contributed by atoms with Crippen LogP contribution in [0.25, 0.3) is 11.4 Å². The molecule has 1 aromatic carbocycles. The van der Waals surface area contributed by atoms with E-state index >= 15 is 0 Å². The third-order valence-electron chi connectivity index (χ3n) is 4.39. The van der Waals surface area contributed by atoms with Gasteiger partial charge in [0.05, 0.1) is 6.04 Å². The number of anilines is 1. The fourth-order valence-corrected chi connectivity index (χ4v) is 3.45. The van der Waals surface area contributed by atoms with Crippen LogP contribution >= 0.6 is 11.6 Å². The van der Waals surface area contributed by atoms with Gasteiger partial charge >= 0.3 is 12.1 Å². The van der Waals surface area contributed by atoms with Crippen LogP contribution in [0.4, 0.5) is 10.6 Å². The van der Waals surface area contributed by atoms with Gasteiger partial charge in [0.2, 0.25) is 0 Å². The highest BCUT2D eigenvalue weighted by Crippen LogP contribution is 2.37. The van der Waals surface area contributed by atoms with Gasteiger partial charge in [-0.3, -0.25) is 4.90 Å². The van der Waals surface area contributed by atoms with Crippen molar-refractivity contribution in [3.05, 3.63) is 53.2 Å². The zero-order valence-corrected chi connectivity index (χ0v) is 19.9. The summed E-state index contributed by atoms with van der Waals surface area (Å²) < 4.78 is 11.0. The molecule has 0 fully saturated rings. The second-order valence-corrected chi connectivity index (χ2v) is 9.88. The van der Waals surface area contributed by atoms with E-state index in [2.05, 4.69) is 9.97 Å². The summed E-state index contributed by atoms with van der Waals surface area (Å²) in [4.78, 5) is 35.8. The van der Waals surface area contributed by atoms with Gasteiger partial charge in [-0.15, -0.1) is 0 Å². The second kappa shape index (κ2) is 8.90. The molecule has 1 aliphatic heterocycles. The molecule has 1 aromatic heterocycles. The number of rotatable bonds is 3. The van der Waals surface area contributed by atoms with Gasteiger partial charge in [-0.1, -0.05) is 48.0 Å². The Morgan fingerprint density at radius 3 is 2.25 bits per heavy atom. The lowest BCUT2D eigenvalue weighted by Gasteiger charge is -2.27. The van der Waals surface area contributed by atoms with Gasteiger partial charge in [0.15, 0.2) is 5.82 Å². The molecule has 0 aliphatic carbocycles. The van der Waals surface area contributed by atoms with Crippen molar-refractivity contribution in [1.82, 2.24) is 9.97 Å². The van der Waals surface area contributed by atoms with Crippen LogP contribution in [-0.4, -0.2) is 39.3 Å². The van der Waals surface area contributed by atoms with Crippen molar-refractivity contribution in [3.63, 3.8) is 0 Å². The van der Waals surface area contributed by atoms with Crippen LogP contribution in [0.15, 0.2) is 42.5 Å². The number of ether oxygens (including phenoxy) is 2. The molecule has 7 nitrogen and oxygen atoms in total. The van der Waals surface area contributed by atoms with Gasteiger partial charge in [0.1, 0.15) is 22.2 Å². The zero-order valence-electron chi connectivity index (χ0n) is 19.2. The largest absolute Gasteiger partial charge is 0.457 e. The van der Waals surface area contributed by atoms with Gasteiger partial charge in [-0.25, -0.2) is 19.6 Å². The van der Waals surface area contributed by atoms with Gasteiger partial charge in [-0.05, 0) is 41.5 Å². The normalized spacial score (nSPS) is 16.2. The highest BCUT2D eigenvalue weighted by Gasteiger charge is 2.39. The Hall–Kier alpha value is -2.93. The number of esters is 1. The summed E-state index contributed by atoms with van der Waals surface area (Å²) in [6.45, 7) is 10.7. The van der Waals surface area contributed by atoms with Crippen molar-refractivity contribution in [2.75, 3.05) is 4.90 Å². The number of carbonyl (C=O) groups excluding carboxylic acids is 2. The van der Waals surface area contributed by atoms with Gasteiger partial charge in [0.25, 0.3) is 0 Å². The molecule has 0 N–H and O–H groups in total. The summed E-state index contributed by atoms with van der Waals surface area (Å²) in [6.07, 6.45) is 2.70. The highest BCUT2D eigenvalue weighted by molar-refractivity contribution is 6.30. The summed E-state index contributed by atoms with van der Waals surface area (Å²) in [5.41, 5.74) is 0.0629. The smallest absolute Gasteiger partial charge is 0.416 e. The number of nitrogens with zero attached hydrogens (tertiary/aromatic N) is 3. The Balaban J connectivity index is 2.00. The van der Waals surface area contributed by atoms with E-state index in [1.165, 1.54) is 11.0 Å². The molecule has 0 bridgehead atoms. The van der Waals surface area contributed by atoms with Crippen LogP contribution in [0.1, 0.15) is 47.1 Å². The number of hydrogen-bond acceptors (Lipinski definition) is 6. The third kappa shape index (κ3) is 5.85. The van der Waals surface area contributed by atoms with Crippen LogP contribution in [0.2, 0.25) is 5.15 Å².